The van der Waals surface area contributed by atoms with Crippen LogP contribution < -0.4 is 0 Å². The Labute approximate surface area is 141 Å². The third kappa shape index (κ3) is 2.89. The van der Waals surface area contributed by atoms with Crippen LogP contribution in [0.25, 0.3) is 10.9 Å². The van der Waals surface area contributed by atoms with E-state index >= 15 is 0 Å². The summed E-state index contributed by atoms with van der Waals surface area (Å²) in [5, 5.41) is 10.5. The number of aromatic nitrogens is 1. The Bertz CT molecular complexity index is 773. The number of fused-ring (bicyclic) bond motifs is 1. The molecule has 3 rings (SSSR count). The first-order chi connectivity index (χ1) is 11.5. The Hall–Kier alpha value is -2.34. The van der Waals surface area contributed by atoms with E-state index in [1.165, 1.54) is 0 Å². The van der Waals surface area contributed by atoms with E-state index in [9.17, 15) is 14.7 Å². The average Bonchev–Trinajstić information content (AvgIpc) is 2.89. The number of hydrogen-bond donors (Lipinski definition) is 1. The van der Waals surface area contributed by atoms with E-state index in [4.69, 9.17) is 0 Å². The molecule has 0 saturated carbocycles. The molecule has 128 valence electrons. The van der Waals surface area contributed by atoms with Gasteiger partial charge in [-0.05, 0) is 20.0 Å². The van der Waals surface area contributed by atoms with Crippen molar-refractivity contribution in [3.63, 3.8) is 0 Å². The fourth-order valence-corrected chi connectivity index (χ4v) is 3.45. The topological polar surface area (TPSA) is 65.8 Å². The monoisotopic (exact) mass is 329 g/mol. The highest BCUT2D eigenvalue weighted by Gasteiger charge is 2.26. The SMILES string of the molecule is CCn1c(C(=O)O)c(CC(=O)N2CCN(C)CC2)c2ccccc21. The second-order valence-electron chi connectivity index (χ2n) is 6.25. The van der Waals surface area contributed by atoms with Crippen LogP contribution in [-0.2, 0) is 17.8 Å². The van der Waals surface area contributed by atoms with Crippen molar-refractivity contribution < 1.29 is 14.7 Å². The normalized spacial score (nSPS) is 15.8. The Morgan fingerprint density at radius 2 is 1.79 bits per heavy atom. The highest BCUT2D eigenvalue weighted by molar-refractivity contribution is 6.00. The summed E-state index contributed by atoms with van der Waals surface area (Å²) in [4.78, 5) is 28.5. The van der Waals surface area contributed by atoms with E-state index < -0.39 is 5.97 Å². The predicted octanol–water partition coefficient (Wildman–Crippen LogP) is 1.68. The molecule has 1 saturated heterocycles. The molecule has 1 aromatic carbocycles. The van der Waals surface area contributed by atoms with E-state index in [0.717, 1.165) is 24.0 Å². The molecule has 0 spiro atoms. The van der Waals surface area contributed by atoms with Crippen molar-refractivity contribution in [1.82, 2.24) is 14.4 Å². The Balaban J connectivity index is 1.98. The predicted molar refractivity (Wildman–Crippen MR) is 92.4 cm³/mol. The molecule has 2 heterocycles. The Morgan fingerprint density at radius 3 is 2.42 bits per heavy atom. The van der Waals surface area contributed by atoms with Gasteiger partial charge in [0, 0.05) is 49.2 Å². The van der Waals surface area contributed by atoms with Gasteiger partial charge in [0.05, 0.1) is 6.42 Å². The number of carbonyl (C=O) groups is 2. The largest absolute Gasteiger partial charge is 0.477 e. The number of nitrogens with zero attached hydrogens (tertiary/aromatic N) is 3. The number of para-hydroxylation sites is 1. The molecule has 1 aliphatic rings. The lowest BCUT2D eigenvalue weighted by Crippen LogP contribution is -2.47. The molecule has 0 radical (unpaired) electrons. The summed E-state index contributed by atoms with van der Waals surface area (Å²) in [6, 6.07) is 7.60. The van der Waals surface area contributed by atoms with E-state index in [1.54, 1.807) is 4.57 Å². The lowest BCUT2D eigenvalue weighted by atomic mass is 10.1. The Morgan fingerprint density at radius 1 is 1.12 bits per heavy atom. The molecule has 6 heteroatoms. The van der Waals surface area contributed by atoms with Gasteiger partial charge >= 0.3 is 5.97 Å². The first kappa shape index (κ1) is 16.5. The van der Waals surface area contributed by atoms with Crippen molar-refractivity contribution in [3.05, 3.63) is 35.5 Å². The molecule has 1 aromatic heterocycles. The third-order valence-corrected chi connectivity index (χ3v) is 4.78. The van der Waals surface area contributed by atoms with Crippen molar-refractivity contribution in [2.75, 3.05) is 33.2 Å². The number of hydrogen-bond acceptors (Lipinski definition) is 3. The van der Waals surface area contributed by atoms with Gasteiger partial charge in [-0.25, -0.2) is 4.79 Å². The van der Waals surface area contributed by atoms with Crippen molar-refractivity contribution in [3.8, 4) is 0 Å². The molecular formula is C18H23N3O3. The quantitative estimate of drug-likeness (QED) is 0.927. The number of likely N-dealkylation sites (N-methyl/N-ethyl adjacent to an activating group) is 1. The average molecular weight is 329 g/mol. The van der Waals surface area contributed by atoms with Crippen LogP contribution in [0.4, 0.5) is 0 Å². The zero-order valence-corrected chi connectivity index (χ0v) is 14.2. The van der Waals surface area contributed by atoms with Crippen LogP contribution in [-0.4, -0.2) is 64.6 Å². The molecule has 1 N–H and O–H groups in total. The first-order valence-corrected chi connectivity index (χ1v) is 8.32. The highest BCUT2D eigenvalue weighted by Crippen LogP contribution is 2.27. The Kier molecular flexibility index (Phi) is 4.57. The molecule has 0 bridgehead atoms. The standard InChI is InChI=1S/C18H23N3O3/c1-3-21-15-7-5-4-6-13(15)14(17(21)18(23)24)12-16(22)20-10-8-19(2)9-11-20/h4-7H,3,8-12H2,1-2H3,(H,23,24). The van der Waals surface area contributed by atoms with Gasteiger partial charge in [0.1, 0.15) is 5.69 Å². The lowest BCUT2D eigenvalue weighted by Gasteiger charge is -2.32. The minimum Gasteiger partial charge on any atom is -0.477 e. The maximum atomic E-state index is 12.7. The summed E-state index contributed by atoms with van der Waals surface area (Å²) in [5.41, 5.74) is 1.74. The van der Waals surface area contributed by atoms with E-state index in [1.807, 2.05) is 43.1 Å². The number of aryl methyl sites for hydroxylation is 1. The van der Waals surface area contributed by atoms with Gasteiger partial charge in [0.25, 0.3) is 0 Å². The number of carboxylic acid groups (broad SMARTS) is 1. The van der Waals surface area contributed by atoms with Gasteiger partial charge in [0.2, 0.25) is 5.91 Å². The number of benzene rings is 1. The third-order valence-electron chi connectivity index (χ3n) is 4.78. The molecule has 1 amide bonds. The second kappa shape index (κ2) is 6.65. The van der Waals surface area contributed by atoms with Crippen molar-refractivity contribution in [1.29, 1.82) is 0 Å². The summed E-state index contributed by atoms with van der Waals surface area (Å²) >= 11 is 0. The van der Waals surface area contributed by atoms with E-state index in [0.29, 0.717) is 25.2 Å². The lowest BCUT2D eigenvalue weighted by molar-refractivity contribution is -0.132. The van der Waals surface area contributed by atoms with Crippen molar-refractivity contribution in [2.24, 2.45) is 0 Å². The molecule has 0 aliphatic carbocycles. The maximum Gasteiger partial charge on any atom is 0.352 e. The van der Waals surface area contributed by atoms with Crippen molar-refractivity contribution >= 4 is 22.8 Å². The number of amides is 1. The summed E-state index contributed by atoms with van der Waals surface area (Å²) in [6.07, 6.45) is 0.138. The minimum absolute atomic E-state index is 0.00426. The van der Waals surface area contributed by atoms with Crippen LogP contribution >= 0.6 is 0 Å². The molecule has 0 unspecified atom stereocenters. The van der Waals surface area contributed by atoms with Crippen LogP contribution in [0.15, 0.2) is 24.3 Å². The highest BCUT2D eigenvalue weighted by atomic mass is 16.4. The minimum atomic E-state index is -0.978. The molecule has 24 heavy (non-hydrogen) atoms. The summed E-state index contributed by atoms with van der Waals surface area (Å²) in [5.74, 6) is -0.973. The zero-order chi connectivity index (χ0) is 17.3. The summed E-state index contributed by atoms with van der Waals surface area (Å²) in [6.45, 7) is 5.59. The van der Waals surface area contributed by atoms with Gasteiger partial charge in [-0.1, -0.05) is 18.2 Å². The van der Waals surface area contributed by atoms with Gasteiger partial charge in [-0.3, -0.25) is 4.79 Å². The van der Waals surface area contributed by atoms with Crippen LogP contribution in [0.1, 0.15) is 23.0 Å². The number of piperazine rings is 1. The maximum absolute atomic E-state index is 12.7. The zero-order valence-electron chi connectivity index (χ0n) is 14.2. The van der Waals surface area contributed by atoms with Gasteiger partial charge in [-0.15, -0.1) is 0 Å². The van der Waals surface area contributed by atoms with E-state index in [2.05, 4.69) is 4.90 Å². The van der Waals surface area contributed by atoms with Crippen LogP contribution in [0.3, 0.4) is 0 Å². The fourth-order valence-electron chi connectivity index (χ4n) is 3.45. The number of carboxylic acids is 1. The number of carbonyl (C=O) groups excluding carboxylic acids is 1. The fraction of sp³-hybridized carbons (Fsp3) is 0.444. The second-order valence-corrected chi connectivity index (χ2v) is 6.25. The van der Waals surface area contributed by atoms with Crippen LogP contribution in [0.2, 0.25) is 0 Å². The van der Waals surface area contributed by atoms with Crippen molar-refractivity contribution in [2.45, 2.75) is 19.9 Å². The number of rotatable bonds is 4. The molecular weight excluding hydrogens is 306 g/mol. The smallest absolute Gasteiger partial charge is 0.352 e. The summed E-state index contributed by atoms with van der Waals surface area (Å²) in [7, 11) is 2.04. The van der Waals surface area contributed by atoms with Crippen LogP contribution in [0.5, 0.6) is 0 Å². The first-order valence-electron chi connectivity index (χ1n) is 8.32. The molecule has 0 atom stereocenters. The van der Waals surface area contributed by atoms with Gasteiger partial charge < -0.3 is 19.5 Å². The molecule has 1 fully saturated rings. The molecule has 2 aromatic rings. The number of aromatic carboxylic acids is 1. The van der Waals surface area contributed by atoms with Gasteiger partial charge in [0.15, 0.2) is 0 Å². The molecule has 6 nitrogen and oxygen atoms in total. The van der Waals surface area contributed by atoms with Crippen LogP contribution in [0, 0.1) is 0 Å². The van der Waals surface area contributed by atoms with Gasteiger partial charge in [-0.2, -0.15) is 0 Å². The molecule has 1 aliphatic heterocycles. The van der Waals surface area contributed by atoms with E-state index in [-0.39, 0.29) is 18.0 Å². The summed E-state index contributed by atoms with van der Waals surface area (Å²) < 4.78 is 1.78.